The Bertz CT molecular complexity index is 493. The second-order valence-corrected chi connectivity index (χ2v) is 8.41. The molecule has 0 bridgehead atoms. The minimum Gasteiger partial charge on any atom is -0.342 e. The molecule has 3 rings (SSSR count). The van der Waals surface area contributed by atoms with E-state index in [1.54, 1.807) is 0 Å². The first-order valence-electron chi connectivity index (χ1n) is 10.6. The molecule has 6 nitrogen and oxygen atoms in total. The number of likely N-dealkylation sites (tertiary alicyclic amines) is 1. The van der Waals surface area contributed by atoms with Crippen molar-refractivity contribution in [3.8, 4) is 0 Å². The molecule has 1 aliphatic carbocycles. The van der Waals surface area contributed by atoms with E-state index in [1.165, 1.54) is 0 Å². The van der Waals surface area contributed by atoms with Gasteiger partial charge < -0.3 is 20.4 Å². The maximum Gasteiger partial charge on any atom is 0.225 e. The molecule has 0 radical (unpaired) electrons. The summed E-state index contributed by atoms with van der Waals surface area (Å²) in [5, 5.41) is 0. The Morgan fingerprint density at radius 1 is 0.893 bits per heavy atom. The van der Waals surface area contributed by atoms with Crippen molar-refractivity contribution in [2.75, 3.05) is 45.8 Å². The van der Waals surface area contributed by atoms with Gasteiger partial charge in [-0.05, 0) is 44.6 Å². The first kappa shape index (κ1) is 25.5. The van der Waals surface area contributed by atoms with E-state index in [2.05, 4.69) is 11.8 Å². The van der Waals surface area contributed by atoms with Crippen molar-refractivity contribution in [3.63, 3.8) is 0 Å². The lowest BCUT2D eigenvalue weighted by atomic mass is 9.84. The van der Waals surface area contributed by atoms with Gasteiger partial charge in [0.1, 0.15) is 0 Å². The van der Waals surface area contributed by atoms with Crippen molar-refractivity contribution in [1.82, 2.24) is 14.7 Å². The van der Waals surface area contributed by atoms with Crippen molar-refractivity contribution in [2.45, 2.75) is 57.9 Å². The van der Waals surface area contributed by atoms with E-state index in [9.17, 15) is 9.59 Å². The lowest BCUT2D eigenvalue weighted by Crippen LogP contribution is -2.49. The average molecular weight is 437 g/mol. The molecule has 2 atom stereocenters. The second kappa shape index (κ2) is 12.2. The van der Waals surface area contributed by atoms with Crippen LogP contribution in [0, 0.1) is 11.8 Å². The van der Waals surface area contributed by atoms with Crippen LogP contribution >= 0.6 is 24.8 Å². The number of hydrogen-bond donors (Lipinski definition) is 1. The molecule has 2 N–H and O–H groups in total. The van der Waals surface area contributed by atoms with Crippen molar-refractivity contribution in [2.24, 2.45) is 17.6 Å². The summed E-state index contributed by atoms with van der Waals surface area (Å²) in [6.07, 6.45) is 6.56. The van der Waals surface area contributed by atoms with Gasteiger partial charge in [0, 0.05) is 57.6 Å². The maximum atomic E-state index is 12.7. The Balaban J connectivity index is 0.00000196. The predicted molar refractivity (Wildman–Crippen MR) is 117 cm³/mol. The van der Waals surface area contributed by atoms with E-state index in [-0.39, 0.29) is 36.8 Å². The standard InChI is InChI=1S/C20H36N4O2.2ClH/c1-2-22-10-12-23(13-11-22)19(25)14-16-6-8-24(9-7-16)20(26)17-4-3-5-18(21)15-17;;/h16-18H,2-15,21H2,1H3;2*1H. The molecule has 0 aromatic heterocycles. The summed E-state index contributed by atoms with van der Waals surface area (Å²) in [4.78, 5) is 31.8. The van der Waals surface area contributed by atoms with Crippen LogP contribution in [0.4, 0.5) is 0 Å². The van der Waals surface area contributed by atoms with Gasteiger partial charge >= 0.3 is 0 Å². The maximum absolute atomic E-state index is 12.7. The van der Waals surface area contributed by atoms with Gasteiger partial charge in [0.05, 0.1) is 0 Å². The topological polar surface area (TPSA) is 69.9 Å². The number of piperidine rings is 1. The van der Waals surface area contributed by atoms with Crippen LogP contribution in [0.2, 0.25) is 0 Å². The number of amides is 2. The van der Waals surface area contributed by atoms with E-state index >= 15 is 0 Å². The smallest absolute Gasteiger partial charge is 0.225 e. The molecule has 2 unspecified atom stereocenters. The van der Waals surface area contributed by atoms with Crippen LogP contribution in [0.1, 0.15) is 51.9 Å². The lowest BCUT2D eigenvalue weighted by molar-refractivity contribution is -0.138. The van der Waals surface area contributed by atoms with Crippen LogP contribution in [0.5, 0.6) is 0 Å². The van der Waals surface area contributed by atoms with Gasteiger partial charge in [-0.15, -0.1) is 24.8 Å². The zero-order valence-electron chi connectivity index (χ0n) is 17.2. The van der Waals surface area contributed by atoms with E-state index in [4.69, 9.17) is 5.73 Å². The Kier molecular flexibility index (Phi) is 11.1. The molecular formula is C20H38Cl2N4O2. The predicted octanol–water partition coefficient (Wildman–Crippen LogP) is 2.14. The number of likely N-dealkylation sites (N-methyl/N-ethyl adjacent to an activating group) is 1. The van der Waals surface area contributed by atoms with Gasteiger partial charge in [-0.1, -0.05) is 13.3 Å². The van der Waals surface area contributed by atoms with Gasteiger partial charge in [0.2, 0.25) is 11.8 Å². The molecule has 1 saturated carbocycles. The molecular weight excluding hydrogens is 399 g/mol. The number of rotatable bonds is 4. The molecule has 2 aliphatic heterocycles. The van der Waals surface area contributed by atoms with Gasteiger partial charge in [0.15, 0.2) is 0 Å². The number of hydrogen-bond acceptors (Lipinski definition) is 4. The minimum atomic E-state index is 0. The second-order valence-electron chi connectivity index (χ2n) is 8.41. The van der Waals surface area contributed by atoms with Crippen LogP contribution < -0.4 is 5.73 Å². The zero-order valence-corrected chi connectivity index (χ0v) is 18.8. The van der Waals surface area contributed by atoms with E-state index in [0.29, 0.717) is 24.2 Å². The number of nitrogens with two attached hydrogens (primary N) is 1. The number of carbonyl (C=O) groups is 2. The molecule has 0 spiro atoms. The van der Waals surface area contributed by atoms with Crippen LogP contribution in [0.3, 0.4) is 0 Å². The Hall–Kier alpha value is -0.560. The summed E-state index contributed by atoms with van der Waals surface area (Å²) in [5.41, 5.74) is 6.04. The molecule has 28 heavy (non-hydrogen) atoms. The molecule has 3 fully saturated rings. The highest BCUT2D eigenvalue weighted by atomic mass is 35.5. The van der Waals surface area contributed by atoms with E-state index in [1.807, 2.05) is 9.80 Å². The number of piperazine rings is 1. The van der Waals surface area contributed by atoms with Gasteiger partial charge in [-0.2, -0.15) is 0 Å². The van der Waals surface area contributed by atoms with Crippen molar-refractivity contribution < 1.29 is 9.59 Å². The number of halogens is 2. The number of carbonyl (C=O) groups excluding carboxylic acids is 2. The molecule has 164 valence electrons. The summed E-state index contributed by atoms with van der Waals surface area (Å²) >= 11 is 0. The lowest BCUT2D eigenvalue weighted by Gasteiger charge is -2.37. The van der Waals surface area contributed by atoms with Crippen LogP contribution in [-0.2, 0) is 9.59 Å². The molecule has 2 heterocycles. The Morgan fingerprint density at radius 2 is 1.54 bits per heavy atom. The quantitative estimate of drug-likeness (QED) is 0.732. The molecule has 3 aliphatic rings. The Morgan fingerprint density at radius 3 is 2.11 bits per heavy atom. The largest absolute Gasteiger partial charge is 0.342 e. The fourth-order valence-electron chi connectivity index (χ4n) is 4.76. The van der Waals surface area contributed by atoms with Crippen molar-refractivity contribution in [3.05, 3.63) is 0 Å². The van der Waals surface area contributed by atoms with Crippen molar-refractivity contribution >= 4 is 36.6 Å². The summed E-state index contributed by atoms with van der Waals surface area (Å²) in [6.45, 7) is 8.60. The van der Waals surface area contributed by atoms with E-state index in [0.717, 1.165) is 84.3 Å². The monoisotopic (exact) mass is 436 g/mol. The fraction of sp³-hybridized carbons (Fsp3) is 0.900. The third-order valence-electron chi connectivity index (χ3n) is 6.63. The molecule has 0 aromatic carbocycles. The van der Waals surface area contributed by atoms with Gasteiger partial charge in [-0.3, -0.25) is 9.59 Å². The molecule has 2 amide bonds. The summed E-state index contributed by atoms with van der Waals surface area (Å²) in [5.74, 6) is 1.18. The highest BCUT2D eigenvalue weighted by molar-refractivity contribution is 5.85. The average Bonchev–Trinajstić information content (AvgIpc) is 2.68. The first-order valence-corrected chi connectivity index (χ1v) is 10.6. The van der Waals surface area contributed by atoms with Crippen LogP contribution in [0.15, 0.2) is 0 Å². The minimum absolute atomic E-state index is 0. The highest BCUT2D eigenvalue weighted by Crippen LogP contribution is 2.28. The van der Waals surface area contributed by atoms with E-state index < -0.39 is 0 Å². The molecule has 0 aromatic rings. The third kappa shape index (κ3) is 6.75. The van der Waals surface area contributed by atoms with Gasteiger partial charge in [-0.25, -0.2) is 0 Å². The molecule has 2 saturated heterocycles. The first-order chi connectivity index (χ1) is 12.6. The normalized spacial score (nSPS) is 26.9. The van der Waals surface area contributed by atoms with Crippen molar-refractivity contribution in [1.29, 1.82) is 0 Å². The van der Waals surface area contributed by atoms with Gasteiger partial charge in [0.25, 0.3) is 0 Å². The Labute approximate surface area is 182 Å². The SMILES string of the molecule is CCN1CCN(C(=O)CC2CCN(C(=O)C3CCCC(N)C3)CC2)CC1.Cl.Cl. The summed E-state index contributed by atoms with van der Waals surface area (Å²) in [6, 6.07) is 0.195. The fourth-order valence-corrected chi connectivity index (χ4v) is 4.76. The van der Waals surface area contributed by atoms with Crippen LogP contribution in [-0.4, -0.2) is 78.4 Å². The summed E-state index contributed by atoms with van der Waals surface area (Å²) < 4.78 is 0. The molecule has 8 heteroatoms. The zero-order chi connectivity index (χ0) is 18.5. The highest BCUT2D eigenvalue weighted by Gasteiger charge is 2.32. The number of nitrogens with zero attached hydrogens (tertiary/aromatic N) is 3. The van der Waals surface area contributed by atoms with Crippen LogP contribution in [0.25, 0.3) is 0 Å². The third-order valence-corrected chi connectivity index (χ3v) is 6.63. The summed E-state index contributed by atoms with van der Waals surface area (Å²) in [7, 11) is 0.